The van der Waals surface area contributed by atoms with Gasteiger partial charge in [0.15, 0.2) is 11.6 Å². The largest absolute Gasteiger partial charge is 0.295 e. The van der Waals surface area contributed by atoms with Crippen LogP contribution >= 0.6 is 0 Å². The van der Waals surface area contributed by atoms with Gasteiger partial charge in [-0.25, -0.2) is 0 Å². The van der Waals surface area contributed by atoms with E-state index in [0.717, 1.165) is 18.2 Å². The molecular weight excluding hydrogens is 274 g/mol. The van der Waals surface area contributed by atoms with Crippen LogP contribution in [0.25, 0.3) is 0 Å². The summed E-state index contributed by atoms with van der Waals surface area (Å²) >= 11 is 0. The van der Waals surface area contributed by atoms with Gasteiger partial charge >= 0.3 is 0 Å². The van der Waals surface area contributed by atoms with Crippen LogP contribution in [0.5, 0.6) is 0 Å². The molecule has 2 rings (SSSR count). The van der Waals surface area contributed by atoms with Crippen LogP contribution in [0.4, 0.5) is 0 Å². The van der Waals surface area contributed by atoms with Crippen LogP contribution in [0.3, 0.4) is 0 Å². The fraction of sp³-hybridized carbons (Fsp3) is 0. The highest BCUT2D eigenvalue weighted by Crippen LogP contribution is 2.24. The van der Waals surface area contributed by atoms with E-state index in [4.69, 9.17) is 15.6 Å². The molecule has 1 aromatic carbocycles. The summed E-state index contributed by atoms with van der Waals surface area (Å²) in [5.41, 5.74) is 10.7. The Morgan fingerprint density at radius 1 is 1.05 bits per heavy atom. The van der Waals surface area contributed by atoms with Crippen LogP contribution in [0, 0.1) is 11.1 Å². The first-order valence-corrected chi connectivity index (χ1v) is 6.17. The van der Waals surface area contributed by atoms with E-state index in [1.807, 2.05) is 4.91 Å². The van der Waals surface area contributed by atoms with Crippen molar-refractivity contribution in [2.45, 2.75) is 4.90 Å². The van der Waals surface area contributed by atoms with Crippen LogP contribution in [0.15, 0.2) is 35.2 Å². The Morgan fingerprint density at radius 3 is 2.11 bits per heavy atom. The molecule has 0 bridgehead atoms. The van der Waals surface area contributed by atoms with E-state index in [1.165, 1.54) is 12.1 Å². The number of nitrogens with one attached hydrogen (secondary N) is 2. The first-order chi connectivity index (χ1) is 8.82. The molecule has 1 aromatic rings. The molecule has 1 aliphatic rings. The van der Waals surface area contributed by atoms with E-state index in [1.54, 1.807) is 0 Å². The third kappa shape index (κ3) is 3.05. The van der Waals surface area contributed by atoms with E-state index < -0.39 is 26.6 Å². The standard InChI is InChI=1S/C10H6O5S.H2N3/c11-7-4-5-8(12)10-6(7)2-1-3-9(10)16(13,14)15;1-3-2/h1-5H,(H,13,14,15);1-2H/q;+1. The third-order valence-electron chi connectivity index (χ3n) is 2.20. The highest BCUT2D eigenvalue weighted by atomic mass is 32.2. The second-order valence-corrected chi connectivity index (χ2v) is 4.72. The molecule has 0 aromatic heterocycles. The second-order valence-electron chi connectivity index (χ2n) is 3.33. The summed E-state index contributed by atoms with van der Waals surface area (Å²) in [6.07, 6.45) is 2.05. The Kier molecular flexibility index (Phi) is 4.18. The normalized spacial score (nSPS) is 13.1. The molecule has 19 heavy (non-hydrogen) atoms. The van der Waals surface area contributed by atoms with Crippen molar-refractivity contribution in [2.24, 2.45) is 0 Å². The van der Waals surface area contributed by atoms with Crippen LogP contribution in [-0.4, -0.2) is 24.5 Å². The average Bonchev–Trinajstić information content (AvgIpc) is 2.33. The summed E-state index contributed by atoms with van der Waals surface area (Å²) in [6.45, 7) is 0. The van der Waals surface area contributed by atoms with E-state index in [9.17, 15) is 18.0 Å². The zero-order chi connectivity index (χ0) is 14.6. The lowest BCUT2D eigenvalue weighted by atomic mass is 9.95. The van der Waals surface area contributed by atoms with Gasteiger partial charge < -0.3 is 0 Å². The summed E-state index contributed by atoms with van der Waals surface area (Å²) in [4.78, 5) is 24.3. The van der Waals surface area contributed by atoms with Gasteiger partial charge in [-0.05, 0) is 18.2 Å². The molecule has 0 spiro atoms. The molecule has 8 nitrogen and oxygen atoms in total. The SMILES string of the molecule is N=[N+]=N.O=C1C=CC(=O)c2c1cccc2S(=O)(=O)O. The Hall–Kier alpha value is -2.48. The number of carbonyl (C=O) groups excluding carboxylic acids is 2. The maximum atomic E-state index is 11.5. The first kappa shape index (κ1) is 14.6. The van der Waals surface area contributed by atoms with Gasteiger partial charge in [-0.3, -0.25) is 14.1 Å². The molecule has 0 heterocycles. The van der Waals surface area contributed by atoms with Crippen molar-refractivity contribution in [2.75, 3.05) is 0 Å². The zero-order valence-electron chi connectivity index (χ0n) is 9.32. The number of nitrogens with zero attached hydrogens (tertiary/aromatic N) is 1. The third-order valence-corrected chi connectivity index (χ3v) is 3.10. The molecule has 0 radical (unpaired) electrons. The molecule has 1 aliphatic carbocycles. The minimum atomic E-state index is -4.51. The fourth-order valence-electron chi connectivity index (χ4n) is 1.53. The van der Waals surface area contributed by atoms with Crippen LogP contribution in [0.1, 0.15) is 20.7 Å². The van der Waals surface area contributed by atoms with Crippen LogP contribution in [0.2, 0.25) is 0 Å². The Labute approximate surface area is 107 Å². The van der Waals surface area contributed by atoms with Crippen molar-refractivity contribution in [1.82, 2.24) is 4.91 Å². The number of fused-ring (bicyclic) bond motifs is 1. The summed E-state index contributed by atoms with van der Waals surface area (Å²) in [5, 5.41) is 0. The van der Waals surface area contributed by atoms with Crippen molar-refractivity contribution in [3.63, 3.8) is 0 Å². The van der Waals surface area contributed by atoms with Crippen molar-refractivity contribution in [3.05, 3.63) is 41.5 Å². The smallest absolute Gasteiger partial charge is 0.289 e. The Bertz CT molecular complexity index is 715. The minimum absolute atomic E-state index is 0.0115. The highest BCUT2D eigenvalue weighted by molar-refractivity contribution is 7.86. The number of carbonyl (C=O) groups is 2. The zero-order valence-corrected chi connectivity index (χ0v) is 10.1. The van der Waals surface area contributed by atoms with Crippen molar-refractivity contribution in [1.29, 1.82) is 11.1 Å². The fourth-order valence-corrected chi connectivity index (χ4v) is 2.25. The summed E-state index contributed by atoms with van der Waals surface area (Å²) in [7, 11) is -4.51. The monoisotopic (exact) mass is 282 g/mol. The van der Waals surface area contributed by atoms with Gasteiger partial charge in [-0.2, -0.15) is 8.42 Å². The first-order valence-electron chi connectivity index (χ1n) is 4.73. The molecule has 3 N–H and O–H groups in total. The molecule has 0 atom stereocenters. The molecule has 0 fully saturated rings. The van der Waals surface area contributed by atoms with Crippen molar-refractivity contribution in [3.8, 4) is 0 Å². The van der Waals surface area contributed by atoms with E-state index in [-0.39, 0.29) is 11.1 Å². The highest BCUT2D eigenvalue weighted by Gasteiger charge is 2.26. The van der Waals surface area contributed by atoms with Gasteiger partial charge in [-0.15, -0.1) is 0 Å². The molecule has 9 heteroatoms. The summed E-state index contributed by atoms with van der Waals surface area (Å²) < 4.78 is 31.0. The van der Waals surface area contributed by atoms with Crippen molar-refractivity contribution < 1.29 is 22.6 Å². The number of allylic oxidation sites excluding steroid dienone is 2. The predicted octanol–water partition coefficient (Wildman–Crippen LogP) is 0.984. The molecular formula is C10H8N3O5S+. The summed E-state index contributed by atoms with van der Waals surface area (Å²) in [6, 6.07) is 3.72. The van der Waals surface area contributed by atoms with Crippen molar-refractivity contribution >= 4 is 21.7 Å². The Morgan fingerprint density at radius 2 is 1.58 bits per heavy atom. The lowest BCUT2D eigenvalue weighted by molar-refractivity contribution is 0.0991. The maximum absolute atomic E-state index is 11.5. The maximum Gasteiger partial charge on any atom is 0.295 e. The molecule has 98 valence electrons. The predicted molar refractivity (Wildman–Crippen MR) is 61.6 cm³/mol. The van der Waals surface area contributed by atoms with Gasteiger partial charge in [0.25, 0.3) is 10.1 Å². The van der Waals surface area contributed by atoms with E-state index in [0.29, 0.717) is 0 Å². The molecule has 0 aliphatic heterocycles. The summed E-state index contributed by atoms with van der Waals surface area (Å²) in [5.74, 6) is -1.07. The number of rotatable bonds is 1. The molecule has 0 saturated carbocycles. The van der Waals surface area contributed by atoms with Gasteiger partial charge in [0.2, 0.25) is 4.91 Å². The molecule has 0 unspecified atom stereocenters. The molecule has 0 amide bonds. The second kappa shape index (κ2) is 5.44. The van der Waals surface area contributed by atoms with Gasteiger partial charge in [0, 0.05) is 5.56 Å². The van der Waals surface area contributed by atoms with Crippen LogP contribution < -0.4 is 4.91 Å². The van der Waals surface area contributed by atoms with Gasteiger partial charge in [-0.1, -0.05) is 12.1 Å². The van der Waals surface area contributed by atoms with E-state index >= 15 is 0 Å². The van der Waals surface area contributed by atoms with Gasteiger partial charge in [0.05, 0.1) is 5.56 Å². The number of hydrogen-bond donors (Lipinski definition) is 3. The van der Waals surface area contributed by atoms with Crippen LogP contribution in [-0.2, 0) is 10.1 Å². The Balaban J connectivity index is 0.000000550. The molecule has 0 saturated heterocycles. The number of hydrogen-bond acceptors (Lipinski definition) is 6. The quantitative estimate of drug-likeness (QED) is 0.398. The number of benzene rings is 1. The van der Waals surface area contributed by atoms with Gasteiger partial charge in [0.1, 0.15) is 16.0 Å². The lowest BCUT2D eigenvalue weighted by Gasteiger charge is -2.11. The minimum Gasteiger partial charge on any atom is -0.289 e. The lowest BCUT2D eigenvalue weighted by Crippen LogP contribution is -2.16. The van der Waals surface area contributed by atoms with E-state index in [2.05, 4.69) is 0 Å². The average molecular weight is 282 g/mol. The topological polar surface area (TPSA) is 150 Å². The number of ketones is 2.